The molecule has 0 radical (unpaired) electrons. The normalized spacial score (nSPS) is 12.2. The molecular formula is C22H27ClN2O3S. The van der Waals surface area contributed by atoms with Crippen molar-refractivity contribution in [3.05, 3.63) is 47.5 Å². The van der Waals surface area contributed by atoms with Gasteiger partial charge in [0.1, 0.15) is 5.75 Å². The van der Waals surface area contributed by atoms with Crippen LogP contribution in [0.2, 0.25) is 5.02 Å². The van der Waals surface area contributed by atoms with E-state index in [0.29, 0.717) is 22.9 Å². The first-order valence-corrected chi connectivity index (χ1v) is 10.5. The Morgan fingerprint density at radius 1 is 1.07 bits per heavy atom. The summed E-state index contributed by atoms with van der Waals surface area (Å²) in [5.74, 6) is 0.421. The second-order valence-corrected chi connectivity index (χ2v) is 9.73. The van der Waals surface area contributed by atoms with Crippen LogP contribution in [-0.2, 0) is 9.59 Å². The van der Waals surface area contributed by atoms with E-state index in [2.05, 4.69) is 10.6 Å². The fraction of sp³-hybridized carbons (Fsp3) is 0.364. The fourth-order valence-corrected chi connectivity index (χ4v) is 3.67. The number of rotatable bonds is 7. The Balaban J connectivity index is 1.91. The fourth-order valence-electron chi connectivity index (χ4n) is 2.55. The molecule has 0 aliphatic carbocycles. The lowest BCUT2D eigenvalue weighted by atomic mass is 9.92. The molecule has 0 heterocycles. The van der Waals surface area contributed by atoms with Gasteiger partial charge in [0.25, 0.3) is 0 Å². The Morgan fingerprint density at radius 3 is 2.24 bits per heavy atom. The molecule has 0 saturated carbocycles. The molecule has 5 nitrogen and oxygen atoms in total. The van der Waals surface area contributed by atoms with Gasteiger partial charge in [-0.1, -0.05) is 32.4 Å². The molecule has 7 heteroatoms. The standard InChI is InChI=1S/C22H27ClN2O3S/c1-14(21(27)25-16-8-11-19(28-5)18(23)12-16)29-17-9-6-15(7-10-17)24-20(26)13-22(2,3)4/h6-12,14H,13H2,1-5H3,(H,24,26)(H,25,27). The Labute approximate surface area is 181 Å². The van der Waals surface area contributed by atoms with Gasteiger partial charge in [0.2, 0.25) is 11.8 Å². The van der Waals surface area contributed by atoms with Crippen LogP contribution in [-0.4, -0.2) is 24.2 Å². The molecule has 0 saturated heterocycles. The number of amides is 2. The van der Waals surface area contributed by atoms with Crippen molar-refractivity contribution in [3.8, 4) is 5.75 Å². The molecule has 1 atom stereocenters. The van der Waals surface area contributed by atoms with Crippen LogP contribution in [0.1, 0.15) is 34.1 Å². The van der Waals surface area contributed by atoms with Crippen molar-refractivity contribution in [1.29, 1.82) is 0 Å². The molecule has 0 spiro atoms. The molecule has 2 aromatic rings. The zero-order chi connectivity index (χ0) is 21.6. The Kier molecular flexibility index (Phi) is 7.99. The number of ether oxygens (including phenoxy) is 1. The van der Waals surface area contributed by atoms with Gasteiger partial charge in [0, 0.05) is 22.7 Å². The predicted molar refractivity (Wildman–Crippen MR) is 121 cm³/mol. The number of carbonyl (C=O) groups excluding carboxylic acids is 2. The smallest absolute Gasteiger partial charge is 0.237 e. The summed E-state index contributed by atoms with van der Waals surface area (Å²) in [5.41, 5.74) is 1.30. The molecular weight excluding hydrogens is 408 g/mol. The summed E-state index contributed by atoms with van der Waals surface area (Å²) in [5, 5.41) is 5.89. The van der Waals surface area contributed by atoms with Crippen LogP contribution in [0.5, 0.6) is 5.75 Å². The maximum atomic E-state index is 12.5. The van der Waals surface area contributed by atoms with Gasteiger partial charge < -0.3 is 15.4 Å². The van der Waals surface area contributed by atoms with Gasteiger partial charge in [0.15, 0.2) is 0 Å². The van der Waals surface area contributed by atoms with Crippen molar-refractivity contribution in [2.45, 2.75) is 44.3 Å². The van der Waals surface area contributed by atoms with Gasteiger partial charge in [-0.3, -0.25) is 9.59 Å². The third kappa shape index (κ3) is 7.63. The van der Waals surface area contributed by atoms with E-state index in [1.54, 1.807) is 25.3 Å². The molecule has 0 fully saturated rings. The Hall–Kier alpha value is -2.18. The number of methoxy groups -OCH3 is 1. The van der Waals surface area contributed by atoms with Gasteiger partial charge in [0.05, 0.1) is 17.4 Å². The number of halogens is 1. The summed E-state index contributed by atoms with van der Waals surface area (Å²) in [4.78, 5) is 25.4. The van der Waals surface area contributed by atoms with E-state index in [1.807, 2.05) is 52.0 Å². The molecule has 2 aromatic carbocycles. The van der Waals surface area contributed by atoms with E-state index in [9.17, 15) is 9.59 Å². The SMILES string of the molecule is COc1ccc(NC(=O)C(C)Sc2ccc(NC(=O)CC(C)(C)C)cc2)cc1Cl. The van der Waals surface area contributed by atoms with Gasteiger partial charge in [-0.15, -0.1) is 11.8 Å². The molecule has 2 rings (SSSR count). The maximum Gasteiger partial charge on any atom is 0.237 e. The van der Waals surface area contributed by atoms with Crippen LogP contribution < -0.4 is 15.4 Å². The van der Waals surface area contributed by atoms with Crippen molar-refractivity contribution in [2.75, 3.05) is 17.7 Å². The highest BCUT2D eigenvalue weighted by molar-refractivity contribution is 8.00. The van der Waals surface area contributed by atoms with Crippen LogP contribution in [0.3, 0.4) is 0 Å². The first-order valence-electron chi connectivity index (χ1n) is 9.28. The molecule has 2 N–H and O–H groups in total. The number of hydrogen-bond donors (Lipinski definition) is 2. The van der Waals surface area contributed by atoms with Crippen molar-refractivity contribution < 1.29 is 14.3 Å². The van der Waals surface area contributed by atoms with Crippen LogP contribution in [0.25, 0.3) is 0 Å². The highest BCUT2D eigenvalue weighted by Crippen LogP contribution is 2.29. The molecule has 0 bridgehead atoms. The summed E-state index contributed by atoms with van der Waals surface area (Å²) in [6.45, 7) is 7.92. The van der Waals surface area contributed by atoms with Crippen LogP contribution in [0.4, 0.5) is 11.4 Å². The van der Waals surface area contributed by atoms with E-state index < -0.39 is 0 Å². The number of hydrogen-bond acceptors (Lipinski definition) is 4. The summed E-state index contributed by atoms with van der Waals surface area (Å²) in [6, 6.07) is 12.6. The maximum absolute atomic E-state index is 12.5. The minimum atomic E-state index is -0.308. The third-order valence-corrected chi connectivity index (χ3v) is 5.34. The highest BCUT2D eigenvalue weighted by atomic mass is 35.5. The van der Waals surface area contributed by atoms with Crippen LogP contribution in [0.15, 0.2) is 47.4 Å². The molecule has 2 amide bonds. The first kappa shape index (κ1) is 23.1. The lowest BCUT2D eigenvalue weighted by molar-refractivity contribution is -0.118. The van der Waals surface area contributed by atoms with Crippen molar-refractivity contribution in [3.63, 3.8) is 0 Å². The summed E-state index contributed by atoms with van der Waals surface area (Å²) in [6.07, 6.45) is 0.454. The topological polar surface area (TPSA) is 67.4 Å². The van der Waals surface area contributed by atoms with Crippen LogP contribution in [0, 0.1) is 5.41 Å². The number of nitrogens with one attached hydrogen (secondary N) is 2. The zero-order valence-electron chi connectivity index (χ0n) is 17.3. The summed E-state index contributed by atoms with van der Waals surface area (Å²) >= 11 is 7.53. The lowest BCUT2D eigenvalue weighted by Gasteiger charge is -2.17. The second kappa shape index (κ2) is 10.0. The van der Waals surface area contributed by atoms with E-state index in [0.717, 1.165) is 10.6 Å². The number of carbonyl (C=O) groups is 2. The monoisotopic (exact) mass is 434 g/mol. The third-order valence-electron chi connectivity index (χ3n) is 3.93. The van der Waals surface area contributed by atoms with Gasteiger partial charge in [-0.25, -0.2) is 0 Å². The van der Waals surface area contributed by atoms with Crippen molar-refractivity contribution in [2.24, 2.45) is 5.41 Å². The second-order valence-electron chi connectivity index (χ2n) is 7.91. The average molecular weight is 435 g/mol. The molecule has 0 aliphatic heterocycles. The van der Waals surface area contributed by atoms with E-state index >= 15 is 0 Å². The first-order chi connectivity index (χ1) is 13.6. The molecule has 156 valence electrons. The summed E-state index contributed by atoms with van der Waals surface area (Å²) < 4.78 is 5.11. The average Bonchev–Trinajstić information content (AvgIpc) is 2.62. The number of benzene rings is 2. The molecule has 29 heavy (non-hydrogen) atoms. The van der Waals surface area contributed by atoms with Gasteiger partial charge in [-0.05, 0) is 54.8 Å². The zero-order valence-corrected chi connectivity index (χ0v) is 18.9. The van der Waals surface area contributed by atoms with E-state index in [4.69, 9.17) is 16.3 Å². The lowest BCUT2D eigenvalue weighted by Crippen LogP contribution is -2.22. The Bertz CT molecular complexity index is 863. The Morgan fingerprint density at radius 2 is 1.69 bits per heavy atom. The number of thioether (sulfide) groups is 1. The van der Waals surface area contributed by atoms with Crippen molar-refractivity contribution in [1.82, 2.24) is 0 Å². The number of anilines is 2. The minimum absolute atomic E-state index is 0.0104. The largest absolute Gasteiger partial charge is 0.495 e. The molecule has 0 aromatic heterocycles. The predicted octanol–water partition coefficient (Wildman–Crippen LogP) is 5.84. The quantitative estimate of drug-likeness (QED) is 0.537. The van der Waals surface area contributed by atoms with Gasteiger partial charge >= 0.3 is 0 Å². The van der Waals surface area contributed by atoms with E-state index in [-0.39, 0.29) is 22.5 Å². The minimum Gasteiger partial charge on any atom is -0.495 e. The highest BCUT2D eigenvalue weighted by Gasteiger charge is 2.17. The molecule has 1 unspecified atom stereocenters. The summed E-state index contributed by atoms with van der Waals surface area (Å²) in [7, 11) is 1.54. The van der Waals surface area contributed by atoms with Crippen molar-refractivity contribution >= 4 is 46.6 Å². The van der Waals surface area contributed by atoms with Crippen LogP contribution >= 0.6 is 23.4 Å². The molecule has 0 aliphatic rings. The van der Waals surface area contributed by atoms with Gasteiger partial charge in [-0.2, -0.15) is 0 Å². The van der Waals surface area contributed by atoms with E-state index in [1.165, 1.54) is 11.8 Å².